The second-order valence-electron chi connectivity index (χ2n) is 3.37. The maximum absolute atomic E-state index is 5.86. The second kappa shape index (κ2) is 3.67. The van der Waals surface area contributed by atoms with Crippen LogP contribution in [0.5, 0.6) is 0 Å². The van der Waals surface area contributed by atoms with E-state index >= 15 is 0 Å². The highest BCUT2D eigenvalue weighted by Crippen LogP contribution is 2.27. The van der Waals surface area contributed by atoms with E-state index in [2.05, 4.69) is 20.1 Å². The van der Waals surface area contributed by atoms with E-state index in [0.29, 0.717) is 27.9 Å². The second-order valence-corrected chi connectivity index (χ2v) is 3.76. The predicted molar refractivity (Wildman–Crippen MR) is 63.4 cm³/mol. The van der Waals surface area contributed by atoms with Crippen LogP contribution in [-0.4, -0.2) is 24.6 Å². The smallest absolute Gasteiger partial charge is 0.166 e. The van der Waals surface area contributed by atoms with Crippen LogP contribution in [0, 0.1) is 0 Å². The van der Waals surface area contributed by atoms with Gasteiger partial charge in [0.2, 0.25) is 0 Å². The molecular formula is C10H7ClN6. The molecule has 0 bridgehead atoms. The minimum atomic E-state index is 0.352. The molecule has 0 spiro atoms. The first-order valence-corrected chi connectivity index (χ1v) is 5.20. The van der Waals surface area contributed by atoms with Crippen LogP contribution in [0.15, 0.2) is 30.9 Å². The Hall–Kier alpha value is -2.21. The van der Waals surface area contributed by atoms with Gasteiger partial charge in [0.15, 0.2) is 11.5 Å². The number of rotatable bonds is 1. The van der Waals surface area contributed by atoms with Gasteiger partial charge in [0.05, 0.1) is 11.3 Å². The number of fused-ring (bicyclic) bond motifs is 1. The quantitative estimate of drug-likeness (QED) is 0.657. The predicted octanol–water partition coefficient (Wildman–Crippen LogP) is 1.42. The molecule has 0 aliphatic heterocycles. The van der Waals surface area contributed by atoms with Crippen LogP contribution in [0.1, 0.15) is 0 Å². The molecule has 3 aromatic rings. The van der Waals surface area contributed by atoms with Crippen molar-refractivity contribution in [2.45, 2.75) is 0 Å². The summed E-state index contributed by atoms with van der Waals surface area (Å²) in [6, 6.07) is 3.40. The summed E-state index contributed by atoms with van der Waals surface area (Å²) in [5.41, 5.74) is 7.77. The fraction of sp³-hybridized carbons (Fsp3) is 0. The van der Waals surface area contributed by atoms with Crippen LogP contribution in [0.3, 0.4) is 0 Å². The number of hydrogen-bond donors (Lipinski definition) is 1. The van der Waals surface area contributed by atoms with E-state index in [4.69, 9.17) is 17.3 Å². The summed E-state index contributed by atoms with van der Waals surface area (Å²) in [5.74, 6) is 0.360. The van der Waals surface area contributed by atoms with Crippen LogP contribution in [0.2, 0.25) is 5.15 Å². The van der Waals surface area contributed by atoms with Crippen molar-refractivity contribution in [3.63, 3.8) is 0 Å². The lowest BCUT2D eigenvalue weighted by atomic mass is 10.2. The molecule has 3 aromatic heterocycles. The van der Waals surface area contributed by atoms with Crippen molar-refractivity contribution in [2.24, 2.45) is 0 Å². The molecule has 0 aliphatic rings. The molecule has 0 aromatic carbocycles. The lowest BCUT2D eigenvalue weighted by Crippen LogP contribution is -1.91. The third-order valence-corrected chi connectivity index (χ3v) is 2.52. The number of aromatic nitrogens is 5. The topological polar surface area (TPSA) is 82.0 Å². The van der Waals surface area contributed by atoms with Gasteiger partial charge in [-0.3, -0.25) is 0 Å². The first-order chi connectivity index (χ1) is 8.25. The summed E-state index contributed by atoms with van der Waals surface area (Å²) in [7, 11) is 0. The summed E-state index contributed by atoms with van der Waals surface area (Å²) < 4.78 is 1.60. The van der Waals surface area contributed by atoms with Crippen molar-refractivity contribution < 1.29 is 0 Å². The highest BCUT2D eigenvalue weighted by molar-refractivity contribution is 6.29. The first kappa shape index (κ1) is 9.98. The van der Waals surface area contributed by atoms with Gasteiger partial charge in [0.1, 0.15) is 11.5 Å². The minimum absolute atomic E-state index is 0.352. The Balaban J connectivity index is 2.33. The van der Waals surface area contributed by atoms with Crippen LogP contribution in [-0.2, 0) is 0 Å². The van der Waals surface area contributed by atoms with E-state index in [1.54, 1.807) is 29.0 Å². The van der Waals surface area contributed by atoms with Gasteiger partial charge in [0.25, 0.3) is 0 Å². The fourth-order valence-electron chi connectivity index (χ4n) is 1.62. The Bertz CT molecular complexity index is 692. The van der Waals surface area contributed by atoms with Crippen molar-refractivity contribution in [1.82, 2.24) is 24.6 Å². The lowest BCUT2D eigenvalue weighted by molar-refractivity contribution is 0.945. The Kier molecular flexibility index (Phi) is 2.15. The minimum Gasteiger partial charge on any atom is -0.382 e. The largest absolute Gasteiger partial charge is 0.382 e. The van der Waals surface area contributed by atoms with Crippen molar-refractivity contribution in [3.05, 3.63) is 36.0 Å². The van der Waals surface area contributed by atoms with E-state index < -0.39 is 0 Å². The number of nitrogens with zero attached hydrogens (tertiary/aromatic N) is 5. The van der Waals surface area contributed by atoms with Crippen LogP contribution < -0.4 is 5.73 Å². The molecule has 0 amide bonds. The number of nitrogen functional groups attached to an aromatic ring is 1. The number of nitrogens with two attached hydrogens (primary N) is 1. The zero-order valence-corrected chi connectivity index (χ0v) is 9.33. The summed E-state index contributed by atoms with van der Waals surface area (Å²) in [4.78, 5) is 12.2. The van der Waals surface area contributed by atoms with Crippen LogP contribution >= 0.6 is 11.6 Å². The molecule has 3 heterocycles. The number of hydrogen-bond acceptors (Lipinski definition) is 5. The molecule has 0 fully saturated rings. The fourth-order valence-corrected chi connectivity index (χ4v) is 1.77. The first-order valence-electron chi connectivity index (χ1n) is 4.82. The lowest BCUT2D eigenvalue weighted by Gasteiger charge is -1.98. The molecule has 2 N–H and O–H groups in total. The standard InChI is InChI=1S/C10H7ClN6/c11-7-4-6(14-5-15-7)8-9(12)16-17-3-1-2-13-10(8)17/h1-5H,(H2,12,16). The molecule has 6 nitrogen and oxygen atoms in total. The molecule has 0 saturated heterocycles. The molecule has 0 atom stereocenters. The highest BCUT2D eigenvalue weighted by Gasteiger charge is 2.14. The Morgan fingerprint density at radius 1 is 1.24 bits per heavy atom. The molecule has 7 heteroatoms. The average molecular weight is 247 g/mol. The molecule has 0 aliphatic carbocycles. The van der Waals surface area contributed by atoms with Gasteiger partial charge in [-0.1, -0.05) is 11.6 Å². The van der Waals surface area contributed by atoms with Gasteiger partial charge < -0.3 is 5.73 Å². The molecule has 84 valence electrons. The summed E-state index contributed by atoms with van der Waals surface area (Å²) in [6.07, 6.45) is 4.82. The van der Waals surface area contributed by atoms with Crippen molar-refractivity contribution in [1.29, 1.82) is 0 Å². The summed E-state index contributed by atoms with van der Waals surface area (Å²) in [6.45, 7) is 0. The zero-order valence-electron chi connectivity index (χ0n) is 8.58. The Labute approximate surface area is 101 Å². The summed E-state index contributed by atoms with van der Waals surface area (Å²) in [5, 5.41) is 4.50. The molecule has 3 rings (SSSR count). The van der Waals surface area contributed by atoms with Crippen LogP contribution in [0.25, 0.3) is 16.9 Å². The molecular weight excluding hydrogens is 240 g/mol. The number of anilines is 1. The van der Waals surface area contributed by atoms with Gasteiger partial charge in [0, 0.05) is 18.5 Å². The Morgan fingerprint density at radius 2 is 2.12 bits per heavy atom. The molecule has 0 saturated carbocycles. The van der Waals surface area contributed by atoms with Gasteiger partial charge in [-0.2, -0.15) is 0 Å². The van der Waals surface area contributed by atoms with Crippen molar-refractivity contribution in [3.8, 4) is 11.3 Å². The maximum atomic E-state index is 5.86. The SMILES string of the molecule is Nc1nn2cccnc2c1-c1cc(Cl)ncn1. The molecule has 0 radical (unpaired) electrons. The molecule has 0 unspecified atom stereocenters. The van der Waals surface area contributed by atoms with E-state index in [9.17, 15) is 0 Å². The van der Waals surface area contributed by atoms with Crippen molar-refractivity contribution >= 4 is 23.1 Å². The monoisotopic (exact) mass is 246 g/mol. The molecule has 17 heavy (non-hydrogen) atoms. The van der Waals surface area contributed by atoms with Crippen molar-refractivity contribution in [2.75, 3.05) is 5.73 Å². The normalized spacial score (nSPS) is 10.9. The van der Waals surface area contributed by atoms with E-state index in [1.807, 2.05) is 0 Å². The zero-order chi connectivity index (χ0) is 11.8. The van der Waals surface area contributed by atoms with Gasteiger partial charge >= 0.3 is 0 Å². The van der Waals surface area contributed by atoms with Crippen LogP contribution in [0.4, 0.5) is 5.82 Å². The third kappa shape index (κ3) is 1.58. The van der Waals surface area contributed by atoms with Gasteiger partial charge in [-0.25, -0.2) is 19.5 Å². The Morgan fingerprint density at radius 3 is 2.94 bits per heavy atom. The van der Waals surface area contributed by atoms with E-state index in [1.165, 1.54) is 6.33 Å². The highest BCUT2D eigenvalue weighted by atomic mass is 35.5. The summed E-state index contributed by atoms with van der Waals surface area (Å²) >= 11 is 5.83. The van der Waals surface area contributed by atoms with E-state index in [0.717, 1.165) is 0 Å². The van der Waals surface area contributed by atoms with Gasteiger partial charge in [-0.05, 0) is 6.07 Å². The average Bonchev–Trinajstić information content (AvgIpc) is 2.64. The van der Waals surface area contributed by atoms with E-state index in [-0.39, 0.29) is 0 Å². The third-order valence-electron chi connectivity index (χ3n) is 2.31. The number of halogens is 1. The maximum Gasteiger partial charge on any atom is 0.166 e. The van der Waals surface area contributed by atoms with Gasteiger partial charge in [-0.15, -0.1) is 5.10 Å².